The lowest BCUT2D eigenvalue weighted by molar-refractivity contribution is 0.102. The van der Waals surface area contributed by atoms with Gasteiger partial charge in [0.1, 0.15) is 11.5 Å². The van der Waals surface area contributed by atoms with Gasteiger partial charge in [-0.3, -0.25) is 14.6 Å². The van der Waals surface area contributed by atoms with Crippen LogP contribution in [-0.4, -0.2) is 41.9 Å². The van der Waals surface area contributed by atoms with Gasteiger partial charge in [0.25, 0.3) is 5.91 Å². The van der Waals surface area contributed by atoms with E-state index in [1.807, 2.05) is 32.9 Å². The number of carbonyl (C=O) groups excluding carboxylic acids is 1. The Labute approximate surface area is 184 Å². The fraction of sp³-hybridized carbons (Fsp3) is 0.346. The summed E-state index contributed by atoms with van der Waals surface area (Å²) in [5, 5.41) is 2.99. The number of nitrogens with one attached hydrogen (secondary N) is 1. The molecule has 1 aliphatic heterocycles. The Kier molecular flexibility index (Phi) is 6.54. The number of piperazine rings is 1. The summed E-state index contributed by atoms with van der Waals surface area (Å²) in [5.74, 6) is 1.34. The van der Waals surface area contributed by atoms with Crippen LogP contribution in [0.1, 0.15) is 38.6 Å². The fourth-order valence-corrected chi connectivity index (χ4v) is 4.22. The first-order valence-corrected chi connectivity index (χ1v) is 10.9. The van der Waals surface area contributed by atoms with Crippen molar-refractivity contribution in [2.45, 2.75) is 33.9 Å². The van der Waals surface area contributed by atoms with Crippen LogP contribution in [0.25, 0.3) is 0 Å². The molecule has 1 amide bonds. The molecule has 2 heterocycles. The van der Waals surface area contributed by atoms with Crippen LogP contribution in [0.15, 0.2) is 59.0 Å². The zero-order valence-electron chi connectivity index (χ0n) is 18.6. The average molecular weight is 418 g/mol. The molecule has 3 aromatic rings. The van der Waals surface area contributed by atoms with E-state index in [-0.39, 0.29) is 5.91 Å². The van der Waals surface area contributed by atoms with Gasteiger partial charge >= 0.3 is 0 Å². The molecule has 0 bridgehead atoms. The fourth-order valence-electron chi connectivity index (χ4n) is 4.22. The van der Waals surface area contributed by atoms with Crippen molar-refractivity contribution in [2.75, 3.05) is 31.5 Å². The Morgan fingerprint density at radius 2 is 1.35 bits per heavy atom. The first-order chi connectivity index (χ1) is 15.0. The highest BCUT2D eigenvalue weighted by atomic mass is 16.3. The number of furan rings is 1. The zero-order chi connectivity index (χ0) is 21.8. The molecule has 1 aliphatic rings. The van der Waals surface area contributed by atoms with Crippen molar-refractivity contribution >= 4 is 11.6 Å². The van der Waals surface area contributed by atoms with E-state index in [9.17, 15) is 4.79 Å². The Balaban J connectivity index is 1.28. The highest BCUT2D eigenvalue weighted by molar-refractivity contribution is 6.06. The highest BCUT2D eigenvalue weighted by Crippen LogP contribution is 2.22. The molecule has 2 aromatic carbocycles. The van der Waals surface area contributed by atoms with Crippen LogP contribution in [-0.2, 0) is 13.1 Å². The Morgan fingerprint density at radius 3 is 1.87 bits per heavy atom. The molecule has 1 N–H and O–H groups in total. The molecule has 31 heavy (non-hydrogen) atoms. The summed E-state index contributed by atoms with van der Waals surface area (Å²) >= 11 is 0. The molecule has 0 saturated carbocycles. The van der Waals surface area contributed by atoms with Crippen molar-refractivity contribution in [3.8, 4) is 0 Å². The third kappa shape index (κ3) is 5.24. The van der Waals surface area contributed by atoms with E-state index in [0.29, 0.717) is 11.3 Å². The van der Waals surface area contributed by atoms with Crippen LogP contribution in [0.4, 0.5) is 5.69 Å². The van der Waals surface area contributed by atoms with Gasteiger partial charge in [-0.05, 0) is 44.0 Å². The summed E-state index contributed by atoms with van der Waals surface area (Å²) < 4.78 is 5.58. The molecule has 0 aliphatic carbocycles. The van der Waals surface area contributed by atoms with Crippen LogP contribution in [0.5, 0.6) is 0 Å². The van der Waals surface area contributed by atoms with Gasteiger partial charge in [0.15, 0.2) is 0 Å². The third-order valence-electron chi connectivity index (χ3n) is 6.12. The van der Waals surface area contributed by atoms with E-state index in [4.69, 9.17) is 4.42 Å². The second-order valence-corrected chi connectivity index (χ2v) is 8.40. The first-order valence-electron chi connectivity index (χ1n) is 10.9. The Morgan fingerprint density at radius 1 is 0.806 bits per heavy atom. The molecular formula is C26H31N3O2. The van der Waals surface area contributed by atoms with Gasteiger partial charge in [0.05, 0.1) is 5.56 Å². The maximum Gasteiger partial charge on any atom is 0.259 e. The summed E-state index contributed by atoms with van der Waals surface area (Å²) in [7, 11) is 0. The largest absolute Gasteiger partial charge is 0.466 e. The summed E-state index contributed by atoms with van der Waals surface area (Å²) in [6, 6.07) is 18.8. The SMILES string of the molecule is Cc1oc(C)c(C(=O)Nc2ccc(CN3CCN(Cc4ccccc4)CC3)cc2)c1C. The van der Waals surface area contributed by atoms with Crippen molar-refractivity contribution in [2.24, 2.45) is 0 Å². The predicted octanol–water partition coefficient (Wildman–Crippen LogP) is 4.77. The van der Waals surface area contributed by atoms with Gasteiger partial charge in [0, 0.05) is 50.5 Å². The van der Waals surface area contributed by atoms with E-state index >= 15 is 0 Å². The van der Waals surface area contributed by atoms with Crippen LogP contribution in [0.3, 0.4) is 0 Å². The van der Waals surface area contributed by atoms with Crippen molar-refractivity contribution in [3.05, 3.63) is 88.4 Å². The molecule has 5 nitrogen and oxygen atoms in total. The second-order valence-electron chi connectivity index (χ2n) is 8.40. The van der Waals surface area contributed by atoms with E-state index in [1.165, 1.54) is 11.1 Å². The highest BCUT2D eigenvalue weighted by Gasteiger charge is 2.19. The minimum Gasteiger partial charge on any atom is -0.466 e. The minimum atomic E-state index is -0.117. The van der Waals surface area contributed by atoms with Gasteiger partial charge in [-0.25, -0.2) is 0 Å². The number of carbonyl (C=O) groups is 1. The van der Waals surface area contributed by atoms with Crippen molar-refractivity contribution in [3.63, 3.8) is 0 Å². The molecule has 1 aromatic heterocycles. The molecule has 1 fully saturated rings. The number of nitrogens with zero attached hydrogens (tertiary/aromatic N) is 2. The van der Waals surface area contributed by atoms with Crippen molar-refractivity contribution in [1.29, 1.82) is 0 Å². The summed E-state index contributed by atoms with van der Waals surface area (Å²) in [6.45, 7) is 11.9. The van der Waals surface area contributed by atoms with Crippen LogP contribution >= 0.6 is 0 Å². The predicted molar refractivity (Wildman–Crippen MR) is 124 cm³/mol. The normalized spacial score (nSPS) is 15.2. The number of aryl methyl sites for hydroxylation is 2. The average Bonchev–Trinajstić information content (AvgIpc) is 3.03. The lowest BCUT2D eigenvalue weighted by Crippen LogP contribution is -2.45. The molecule has 0 atom stereocenters. The summed E-state index contributed by atoms with van der Waals surface area (Å²) in [6.07, 6.45) is 0. The van der Waals surface area contributed by atoms with Crippen molar-refractivity contribution in [1.82, 2.24) is 9.80 Å². The molecule has 0 radical (unpaired) electrons. The second kappa shape index (κ2) is 9.50. The monoisotopic (exact) mass is 417 g/mol. The molecule has 5 heteroatoms. The molecule has 0 spiro atoms. The summed E-state index contributed by atoms with van der Waals surface area (Å²) in [4.78, 5) is 17.7. The molecule has 1 saturated heterocycles. The number of anilines is 1. The van der Waals surface area contributed by atoms with Crippen LogP contribution in [0.2, 0.25) is 0 Å². The van der Waals surface area contributed by atoms with E-state index in [0.717, 1.165) is 56.3 Å². The van der Waals surface area contributed by atoms with Gasteiger partial charge in [-0.1, -0.05) is 42.5 Å². The number of rotatable bonds is 6. The third-order valence-corrected chi connectivity index (χ3v) is 6.12. The number of amides is 1. The number of hydrogen-bond donors (Lipinski definition) is 1. The van der Waals surface area contributed by atoms with Gasteiger partial charge in [0.2, 0.25) is 0 Å². The summed E-state index contributed by atoms with van der Waals surface area (Å²) in [5.41, 5.74) is 4.98. The van der Waals surface area contributed by atoms with E-state index in [1.54, 1.807) is 0 Å². The lowest BCUT2D eigenvalue weighted by atomic mass is 10.1. The molecular weight excluding hydrogens is 386 g/mol. The van der Waals surface area contributed by atoms with Gasteiger partial charge in [-0.2, -0.15) is 0 Å². The first kappa shape index (κ1) is 21.3. The molecule has 0 unspecified atom stereocenters. The Bertz CT molecular complexity index is 1020. The van der Waals surface area contributed by atoms with Crippen LogP contribution in [0, 0.1) is 20.8 Å². The standard InChI is InChI=1S/C26H31N3O2/c1-19-20(2)31-21(3)25(19)26(30)27-24-11-9-23(10-12-24)18-29-15-13-28(14-16-29)17-22-7-5-4-6-8-22/h4-12H,13-18H2,1-3H3,(H,27,30). The number of hydrogen-bond acceptors (Lipinski definition) is 4. The van der Waals surface area contributed by atoms with Crippen molar-refractivity contribution < 1.29 is 9.21 Å². The quantitative estimate of drug-likeness (QED) is 0.627. The van der Waals surface area contributed by atoms with E-state index in [2.05, 4.69) is 57.6 Å². The van der Waals surface area contributed by atoms with Crippen LogP contribution < -0.4 is 5.32 Å². The van der Waals surface area contributed by atoms with Gasteiger partial charge < -0.3 is 9.73 Å². The topological polar surface area (TPSA) is 48.7 Å². The van der Waals surface area contributed by atoms with Gasteiger partial charge in [-0.15, -0.1) is 0 Å². The maximum atomic E-state index is 12.6. The molecule has 4 rings (SSSR count). The minimum absolute atomic E-state index is 0.117. The van der Waals surface area contributed by atoms with E-state index < -0.39 is 0 Å². The number of benzene rings is 2. The molecule has 162 valence electrons. The lowest BCUT2D eigenvalue weighted by Gasteiger charge is -2.34. The smallest absolute Gasteiger partial charge is 0.259 e. The Hall–Kier alpha value is -2.89. The maximum absolute atomic E-state index is 12.6. The zero-order valence-corrected chi connectivity index (χ0v) is 18.6.